The van der Waals surface area contributed by atoms with Crippen molar-refractivity contribution < 1.29 is 19.0 Å². The van der Waals surface area contributed by atoms with Gasteiger partial charge in [-0.1, -0.05) is 6.07 Å². The van der Waals surface area contributed by atoms with Crippen LogP contribution in [0.3, 0.4) is 0 Å². The van der Waals surface area contributed by atoms with Crippen molar-refractivity contribution >= 4 is 6.09 Å². The van der Waals surface area contributed by atoms with Crippen molar-refractivity contribution in [3.8, 4) is 17.6 Å². The Hall–Kier alpha value is -3.27. The molecule has 0 bridgehead atoms. The number of ether oxygens (including phenoxy) is 3. The van der Waals surface area contributed by atoms with Crippen LogP contribution in [0.4, 0.5) is 4.79 Å². The maximum atomic E-state index is 11.8. The van der Waals surface area contributed by atoms with Crippen LogP contribution in [0.15, 0.2) is 36.7 Å². The molecule has 1 aliphatic rings. The number of rotatable bonds is 3. The number of benzene rings is 1. The lowest BCUT2D eigenvalue weighted by atomic mass is 10.1. The molecule has 7 nitrogen and oxygen atoms in total. The van der Waals surface area contributed by atoms with Crippen molar-refractivity contribution in [1.82, 2.24) is 10.3 Å². The lowest BCUT2D eigenvalue weighted by Crippen LogP contribution is -2.32. The van der Waals surface area contributed by atoms with Crippen molar-refractivity contribution in [1.29, 1.82) is 5.26 Å². The second-order valence-corrected chi connectivity index (χ2v) is 7.14. The van der Waals surface area contributed by atoms with Gasteiger partial charge in [0.1, 0.15) is 18.3 Å². The maximum Gasteiger partial charge on any atom is 0.407 e. The van der Waals surface area contributed by atoms with Crippen LogP contribution in [0.2, 0.25) is 0 Å². The summed E-state index contributed by atoms with van der Waals surface area (Å²) in [7, 11) is 0. The lowest BCUT2D eigenvalue weighted by Gasteiger charge is -2.27. The van der Waals surface area contributed by atoms with Crippen LogP contribution in [0.1, 0.15) is 43.6 Å². The number of alkyl carbamates (subject to hydrolysis) is 1. The highest BCUT2D eigenvalue weighted by Crippen LogP contribution is 2.38. The van der Waals surface area contributed by atoms with E-state index in [2.05, 4.69) is 16.4 Å². The molecule has 1 atom stereocenters. The molecular formula is C20H21N3O4. The molecule has 0 aliphatic carbocycles. The number of aromatic nitrogens is 1. The fraction of sp³-hybridized carbons (Fsp3) is 0.350. The number of carbonyl (C=O) groups excluding carboxylic acids is 1. The monoisotopic (exact) mass is 367 g/mol. The summed E-state index contributed by atoms with van der Waals surface area (Å²) in [6.45, 7) is 6.00. The molecule has 0 radical (unpaired) electrons. The van der Waals surface area contributed by atoms with E-state index in [9.17, 15) is 4.79 Å². The summed E-state index contributed by atoms with van der Waals surface area (Å²) >= 11 is 0. The molecule has 0 spiro atoms. The molecule has 0 fully saturated rings. The first kappa shape index (κ1) is 18.5. The topological polar surface area (TPSA) is 93.5 Å². The average Bonchev–Trinajstić information content (AvgIpc) is 2.64. The largest absolute Gasteiger partial charge is 0.484 e. The smallest absolute Gasteiger partial charge is 0.407 e. The first-order valence-corrected chi connectivity index (χ1v) is 8.59. The first-order valence-electron chi connectivity index (χ1n) is 8.59. The van der Waals surface area contributed by atoms with Crippen molar-refractivity contribution in [2.24, 2.45) is 0 Å². The minimum Gasteiger partial charge on any atom is -0.484 e. The van der Waals surface area contributed by atoms with E-state index in [4.69, 9.17) is 19.5 Å². The van der Waals surface area contributed by atoms with E-state index in [-0.39, 0.29) is 12.7 Å². The number of nitriles is 1. The minimum absolute atomic E-state index is 0.274. The zero-order valence-corrected chi connectivity index (χ0v) is 15.5. The summed E-state index contributed by atoms with van der Waals surface area (Å²) in [5, 5.41) is 11.9. The third-order valence-corrected chi connectivity index (χ3v) is 3.77. The van der Waals surface area contributed by atoms with Crippen LogP contribution in [0, 0.1) is 11.3 Å². The molecular weight excluding hydrogens is 346 g/mol. The number of carbonyl (C=O) groups is 1. The van der Waals surface area contributed by atoms with Gasteiger partial charge in [0.2, 0.25) is 0 Å². The Morgan fingerprint density at radius 1 is 1.41 bits per heavy atom. The quantitative estimate of drug-likeness (QED) is 0.892. The molecule has 1 N–H and O–H groups in total. The molecule has 2 aromatic rings. The predicted molar refractivity (Wildman–Crippen MR) is 97.3 cm³/mol. The third kappa shape index (κ3) is 4.67. The molecule has 27 heavy (non-hydrogen) atoms. The molecule has 140 valence electrons. The van der Waals surface area contributed by atoms with Gasteiger partial charge in [0, 0.05) is 24.5 Å². The van der Waals surface area contributed by atoms with E-state index in [0.717, 1.165) is 11.1 Å². The van der Waals surface area contributed by atoms with Crippen molar-refractivity contribution in [3.05, 3.63) is 53.3 Å². The van der Waals surface area contributed by atoms with Crippen LogP contribution in [0.5, 0.6) is 11.5 Å². The Kier molecular flexibility index (Phi) is 5.17. The van der Waals surface area contributed by atoms with Crippen molar-refractivity contribution in [2.45, 2.75) is 39.0 Å². The Morgan fingerprint density at radius 3 is 2.96 bits per heavy atom. The molecule has 0 saturated carbocycles. The standard InChI is InChI=1S/C20H21N3O4/c1-20(2,3)27-19(24)23-10-13-7-15(11-22-9-13)17-12-25-18-14(8-21)5-4-6-16(18)26-17/h4-7,9,11,17H,10,12H2,1-3H3,(H,23,24). The van der Waals surface area contributed by atoms with Gasteiger partial charge in [0.25, 0.3) is 0 Å². The number of fused-ring (bicyclic) bond motifs is 1. The minimum atomic E-state index is -0.548. The number of pyridine rings is 1. The number of nitrogens with zero attached hydrogens (tertiary/aromatic N) is 2. The molecule has 1 unspecified atom stereocenters. The van der Waals surface area contributed by atoms with E-state index in [1.807, 2.05) is 26.8 Å². The molecule has 2 heterocycles. The summed E-state index contributed by atoms with van der Waals surface area (Å²) in [6.07, 6.45) is 2.54. The normalized spacial score (nSPS) is 15.6. The molecule has 1 aromatic carbocycles. The van der Waals surface area contributed by atoms with Crippen LogP contribution in [-0.2, 0) is 11.3 Å². The second-order valence-electron chi connectivity index (χ2n) is 7.14. The lowest BCUT2D eigenvalue weighted by molar-refractivity contribution is 0.0523. The van der Waals surface area contributed by atoms with Gasteiger partial charge in [-0.3, -0.25) is 4.98 Å². The fourth-order valence-electron chi connectivity index (χ4n) is 2.62. The number of para-hydroxylation sites is 1. The van der Waals surface area contributed by atoms with Gasteiger partial charge in [0.05, 0.1) is 5.56 Å². The number of hydrogen-bond donors (Lipinski definition) is 1. The van der Waals surface area contributed by atoms with Crippen LogP contribution < -0.4 is 14.8 Å². The highest BCUT2D eigenvalue weighted by molar-refractivity contribution is 5.67. The van der Waals surface area contributed by atoms with E-state index in [1.54, 1.807) is 30.6 Å². The van der Waals surface area contributed by atoms with Crippen molar-refractivity contribution in [2.75, 3.05) is 6.61 Å². The Labute approximate surface area is 157 Å². The van der Waals surface area contributed by atoms with Crippen LogP contribution in [-0.4, -0.2) is 23.3 Å². The number of hydrogen-bond acceptors (Lipinski definition) is 6. The van der Waals surface area contributed by atoms with Gasteiger partial charge in [-0.25, -0.2) is 4.79 Å². The summed E-state index contributed by atoms with van der Waals surface area (Å²) in [5.41, 5.74) is 1.54. The molecule has 3 rings (SSSR count). The summed E-state index contributed by atoms with van der Waals surface area (Å²) in [6, 6.07) is 9.20. The maximum absolute atomic E-state index is 11.8. The highest BCUT2D eigenvalue weighted by Gasteiger charge is 2.25. The van der Waals surface area contributed by atoms with Crippen molar-refractivity contribution in [3.63, 3.8) is 0 Å². The van der Waals surface area contributed by atoms with Gasteiger partial charge in [-0.05, 0) is 44.5 Å². The second kappa shape index (κ2) is 7.54. The molecule has 1 aliphatic heterocycles. The Morgan fingerprint density at radius 2 is 2.22 bits per heavy atom. The Balaban J connectivity index is 1.67. The summed E-state index contributed by atoms with van der Waals surface area (Å²) in [4.78, 5) is 16.0. The van der Waals surface area contributed by atoms with Gasteiger partial charge < -0.3 is 19.5 Å². The molecule has 0 saturated heterocycles. The van der Waals surface area contributed by atoms with E-state index < -0.39 is 11.7 Å². The van der Waals surface area contributed by atoms with E-state index >= 15 is 0 Å². The first-order chi connectivity index (χ1) is 12.9. The van der Waals surface area contributed by atoms with Gasteiger partial charge in [-0.15, -0.1) is 0 Å². The predicted octanol–water partition coefficient (Wildman–Crippen LogP) is 3.49. The summed E-state index contributed by atoms with van der Waals surface area (Å²) in [5.74, 6) is 0.995. The molecule has 1 aromatic heterocycles. The zero-order valence-electron chi connectivity index (χ0n) is 15.5. The SMILES string of the molecule is CC(C)(C)OC(=O)NCc1cncc(C2COc3c(C#N)cccc3O2)c1. The van der Waals surface area contributed by atoms with Crippen LogP contribution >= 0.6 is 0 Å². The summed E-state index contributed by atoms with van der Waals surface area (Å²) < 4.78 is 16.9. The fourth-order valence-corrected chi connectivity index (χ4v) is 2.62. The van der Waals surface area contributed by atoms with Gasteiger partial charge in [0.15, 0.2) is 17.6 Å². The number of nitrogens with one attached hydrogen (secondary N) is 1. The highest BCUT2D eigenvalue weighted by atomic mass is 16.6. The number of amides is 1. The van der Waals surface area contributed by atoms with Gasteiger partial charge in [-0.2, -0.15) is 5.26 Å². The third-order valence-electron chi connectivity index (χ3n) is 3.77. The van der Waals surface area contributed by atoms with Gasteiger partial charge >= 0.3 is 6.09 Å². The Bertz CT molecular complexity index is 884. The molecule has 7 heteroatoms. The average molecular weight is 367 g/mol. The van der Waals surface area contributed by atoms with E-state index in [1.165, 1.54) is 0 Å². The zero-order chi connectivity index (χ0) is 19.4. The van der Waals surface area contributed by atoms with Crippen LogP contribution in [0.25, 0.3) is 0 Å². The molecule has 1 amide bonds. The van der Waals surface area contributed by atoms with E-state index in [0.29, 0.717) is 23.6 Å².